The molecule has 1 aliphatic rings. The van der Waals surface area contributed by atoms with Crippen LogP contribution in [0, 0.1) is 11.7 Å². The summed E-state index contributed by atoms with van der Waals surface area (Å²) in [5.74, 6) is 0.507. The van der Waals surface area contributed by atoms with Gasteiger partial charge in [0.1, 0.15) is 5.82 Å². The van der Waals surface area contributed by atoms with Crippen LogP contribution in [0.15, 0.2) is 42.5 Å². The minimum atomic E-state index is -4.00. The van der Waals surface area contributed by atoms with Crippen LogP contribution in [0.2, 0.25) is 0 Å². The molecule has 1 nitrogen and oxygen atoms in total. The second kappa shape index (κ2) is 11.3. The van der Waals surface area contributed by atoms with E-state index >= 15 is 0 Å². The molecule has 0 amide bonds. The van der Waals surface area contributed by atoms with Gasteiger partial charge in [-0.05, 0) is 72.3 Å². The highest BCUT2D eigenvalue weighted by molar-refractivity contribution is 5.28. The summed E-state index contributed by atoms with van der Waals surface area (Å²) in [7, 11) is 0. The van der Waals surface area contributed by atoms with E-state index in [2.05, 4.69) is 11.7 Å². The molecule has 1 atom stereocenters. The lowest BCUT2D eigenvalue weighted by molar-refractivity contribution is -0.282. The number of aryl methyl sites for hydroxylation is 1. The van der Waals surface area contributed by atoms with E-state index in [4.69, 9.17) is 0 Å². The Morgan fingerprint density at radius 3 is 2.19 bits per heavy atom. The molecule has 32 heavy (non-hydrogen) atoms. The van der Waals surface area contributed by atoms with Gasteiger partial charge in [-0.1, -0.05) is 69.5 Å². The lowest BCUT2D eigenvalue weighted by Crippen LogP contribution is -2.27. The number of benzene rings is 2. The summed E-state index contributed by atoms with van der Waals surface area (Å²) in [4.78, 5) is 0. The molecule has 0 aromatic heterocycles. The molecule has 1 unspecified atom stereocenters. The molecule has 1 aliphatic carbocycles. The molecule has 2 aromatic rings. The molecular formula is C27H34F4O. The van der Waals surface area contributed by atoms with Crippen molar-refractivity contribution in [3.63, 3.8) is 0 Å². The third kappa shape index (κ3) is 6.34. The fraction of sp³-hybridized carbons (Fsp3) is 0.556. The van der Waals surface area contributed by atoms with Crippen molar-refractivity contribution in [2.75, 3.05) is 0 Å². The number of hydrogen-bond acceptors (Lipinski definition) is 1. The highest BCUT2D eigenvalue weighted by Gasteiger charge is 2.42. The summed E-state index contributed by atoms with van der Waals surface area (Å²) < 4.78 is 62.4. The molecule has 3 rings (SSSR count). The van der Waals surface area contributed by atoms with Gasteiger partial charge in [0.05, 0.1) is 6.61 Å². The van der Waals surface area contributed by atoms with E-state index in [9.17, 15) is 17.6 Å². The van der Waals surface area contributed by atoms with Gasteiger partial charge in [0.25, 0.3) is 0 Å². The second-order valence-corrected chi connectivity index (χ2v) is 9.07. The summed E-state index contributed by atoms with van der Waals surface area (Å²) in [5, 5.41) is 0. The summed E-state index contributed by atoms with van der Waals surface area (Å²) in [5.41, 5.74) is 1.76. The number of halogens is 4. The van der Waals surface area contributed by atoms with Gasteiger partial charge < -0.3 is 4.74 Å². The highest BCUT2D eigenvalue weighted by Crippen LogP contribution is 2.39. The van der Waals surface area contributed by atoms with Gasteiger partial charge in [-0.25, -0.2) is 8.78 Å². The van der Waals surface area contributed by atoms with Crippen LogP contribution in [-0.4, -0.2) is 6.11 Å². The van der Waals surface area contributed by atoms with E-state index in [0.717, 1.165) is 50.0 Å². The Kier molecular flexibility index (Phi) is 8.75. The summed E-state index contributed by atoms with van der Waals surface area (Å²) in [6.07, 6.45) is 1.66. The maximum absolute atomic E-state index is 14.7. The first-order valence-corrected chi connectivity index (χ1v) is 11.9. The molecule has 176 valence electrons. The zero-order valence-corrected chi connectivity index (χ0v) is 19.1. The number of rotatable bonds is 10. The Bertz CT molecular complexity index is 841. The van der Waals surface area contributed by atoms with Crippen molar-refractivity contribution in [3.05, 3.63) is 70.5 Å². The van der Waals surface area contributed by atoms with Crippen molar-refractivity contribution in [2.45, 2.75) is 90.0 Å². The van der Waals surface area contributed by atoms with E-state index in [1.54, 1.807) is 24.3 Å². The first kappa shape index (κ1) is 24.8. The second-order valence-electron chi connectivity index (χ2n) is 9.07. The topological polar surface area (TPSA) is 9.23 Å². The average molecular weight is 451 g/mol. The Morgan fingerprint density at radius 2 is 1.59 bits per heavy atom. The molecule has 2 aromatic carbocycles. The summed E-state index contributed by atoms with van der Waals surface area (Å²) in [6.45, 7) is 3.65. The molecule has 5 heteroatoms. The van der Waals surface area contributed by atoms with Crippen LogP contribution in [0.4, 0.5) is 17.6 Å². The SMILES string of the molecule is CCCc1ccc(C(F)C(F)(F)OCc2ccc(C3CCC(CCC)CC3)c(F)c2)cc1. The normalized spacial score (nSPS) is 20.3. The molecule has 0 spiro atoms. The first-order chi connectivity index (χ1) is 15.3. The van der Waals surface area contributed by atoms with Crippen molar-refractivity contribution >= 4 is 0 Å². The molecule has 0 saturated heterocycles. The third-order valence-electron chi connectivity index (χ3n) is 6.59. The molecule has 0 aliphatic heterocycles. The Morgan fingerprint density at radius 1 is 0.938 bits per heavy atom. The smallest absolute Gasteiger partial charge is 0.313 e. The Hall–Kier alpha value is -1.88. The summed E-state index contributed by atoms with van der Waals surface area (Å²) >= 11 is 0. The lowest BCUT2D eigenvalue weighted by atomic mass is 9.77. The zero-order valence-electron chi connectivity index (χ0n) is 19.1. The highest BCUT2D eigenvalue weighted by atomic mass is 19.3. The predicted octanol–water partition coefficient (Wildman–Crippen LogP) is 8.67. The van der Waals surface area contributed by atoms with Gasteiger partial charge in [-0.3, -0.25) is 0 Å². The maximum Gasteiger partial charge on any atom is 0.391 e. The van der Waals surface area contributed by atoms with Crippen LogP contribution in [0.1, 0.15) is 93.1 Å². The van der Waals surface area contributed by atoms with Gasteiger partial charge >= 0.3 is 6.11 Å². The average Bonchev–Trinajstić information content (AvgIpc) is 2.79. The van der Waals surface area contributed by atoms with Crippen LogP contribution in [0.25, 0.3) is 0 Å². The number of alkyl halides is 3. The van der Waals surface area contributed by atoms with Crippen molar-refractivity contribution in [2.24, 2.45) is 5.92 Å². The van der Waals surface area contributed by atoms with Gasteiger partial charge in [0, 0.05) is 0 Å². The fourth-order valence-corrected chi connectivity index (χ4v) is 4.75. The van der Waals surface area contributed by atoms with E-state index in [-0.39, 0.29) is 17.0 Å². The quantitative estimate of drug-likeness (QED) is 0.329. The van der Waals surface area contributed by atoms with Crippen LogP contribution in [0.5, 0.6) is 0 Å². The molecule has 0 heterocycles. The van der Waals surface area contributed by atoms with Crippen LogP contribution < -0.4 is 0 Å². The van der Waals surface area contributed by atoms with Crippen molar-refractivity contribution in [3.8, 4) is 0 Å². The van der Waals surface area contributed by atoms with Crippen LogP contribution in [-0.2, 0) is 17.8 Å². The third-order valence-corrected chi connectivity index (χ3v) is 6.59. The first-order valence-electron chi connectivity index (χ1n) is 11.9. The number of ether oxygens (including phenoxy) is 1. The Labute approximate surface area is 189 Å². The fourth-order valence-electron chi connectivity index (χ4n) is 4.75. The predicted molar refractivity (Wildman–Crippen MR) is 120 cm³/mol. The molecule has 1 fully saturated rings. The molecule has 0 N–H and O–H groups in total. The van der Waals surface area contributed by atoms with Crippen molar-refractivity contribution < 1.29 is 22.3 Å². The monoisotopic (exact) mass is 450 g/mol. The van der Waals surface area contributed by atoms with Gasteiger partial charge in [0.15, 0.2) is 0 Å². The maximum atomic E-state index is 14.7. The van der Waals surface area contributed by atoms with Gasteiger partial charge in [0.2, 0.25) is 6.17 Å². The van der Waals surface area contributed by atoms with Gasteiger partial charge in [-0.15, -0.1) is 0 Å². The molecule has 1 saturated carbocycles. The van der Waals surface area contributed by atoms with Gasteiger partial charge in [-0.2, -0.15) is 8.78 Å². The van der Waals surface area contributed by atoms with Crippen LogP contribution >= 0.6 is 0 Å². The summed E-state index contributed by atoms with van der Waals surface area (Å²) in [6, 6.07) is 10.6. The van der Waals surface area contributed by atoms with Crippen molar-refractivity contribution in [1.82, 2.24) is 0 Å². The van der Waals surface area contributed by atoms with E-state index < -0.39 is 24.7 Å². The van der Waals surface area contributed by atoms with E-state index in [1.807, 2.05) is 6.92 Å². The largest absolute Gasteiger partial charge is 0.391 e. The van der Waals surface area contributed by atoms with Crippen LogP contribution in [0.3, 0.4) is 0 Å². The van der Waals surface area contributed by atoms with Crippen molar-refractivity contribution in [1.29, 1.82) is 0 Å². The molecular weight excluding hydrogens is 416 g/mol. The Balaban J connectivity index is 1.58. The van der Waals surface area contributed by atoms with E-state index in [1.165, 1.54) is 31.0 Å². The minimum absolute atomic E-state index is 0.130. The molecule has 0 bridgehead atoms. The standard InChI is InChI=1S/C27H34F4O/c1-3-5-19-7-12-22(13-8-19)24-16-11-21(17-25(24)28)18-32-27(30,31)26(29)23-14-9-20(6-4-2)10-15-23/h9-11,14-17,19,22,26H,3-8,12-13,18H2,1-2H3. The number of hydrogen-bond donors (Lipinski definition) is 0. The molecule has 0 radical (unpaired) electrons. The zero-order chi connectivity index (χ0) is 23.1. The minimum Gasteiger partial charge on any atom is -0.313 e. The van der Waals surface area contributed by atoms with E-state index in [0.29, 0.717) is 5.56 Å². The lowest BCUT2D eigenvalue weighted by Gasteiger charge is -2.29.